The smallest absolute Gasteiger partial charge is 0.237 e. The fraction of sp³-hybridized carbons (Fsp3) is 0.938. The number of ether oxygens (including phenoxy) is 1. The molecule has 2 saturated carbocycles. The molecule has 1 saturated heterocycles. The van der Waals surface area contributed by atoms with Gasteiger partial charge in [0.15, 0.2) is 0 Å². The van der Waals surface area contributed by atoms with Crippen molar-refractivity contribution >= 4 is 5.91 Å². The molecule has 4 nitrogen and oxygen atoms in total. The lowest BCUT2D eigenvalue weighted by Crippen LogP contribution is -2.44. The van der Waals surface area contributed by atoms with E-state index in [-0.39, 0.29) is 12.1 Å². The summed E-state index contributed by atoms with van der Waals surface area (Å²) in [5.74, 6) is 0.922. The molecule has 1 atom stereocenters. The Hall–Kier alpha value is -0.610. The van der Waals surface area contributed by atoms with Crippen LogP contribution in [0.4, 0.5) is 0 Å². The maximum Gasteiger partial charge on any atom is 0.237 e. The Labute approximate surface area is 122 Å². The highest BCUT2D eigenvalue weighted by Crippen LogP contribution is 2.30. The second-order valence-corrected chi connectivity index (χ2v) is 6.59. The Bertz CT molecular complexity index is 322. The molecule has 0 aromatic heterocycles. The molecule has 3 aliphatic rings. The van der Waals surface area contributed by atoms with Crippen LogP contribution >= 0.6 is 0 Å². The summed E-state index contributed by atoms with van der Waals surface area (Å²) in [6.07, 6.45) is 12.3. The van der Waals surface area contributed by atoms with Crippen molar-refractivity contribution in [1.82, 2.24) is 10.2 Å². The molecule has 20 heavy (non-hydrogen) atoms. The van der Waals surface area contributed by atoms with Crippen molar-refractivity contribution < 1.29 is 9.53 Å². The molecular formula is C16H28N2O2. The third-order valence-electron chi connectivity index (χ3n) is 5.20. The first-order chi connectivity index (χ1) is 9.84. The van der Waals surface area contributed by atoms with E-state index < -0.39 is 0 Å². The zero-order chi connectivity index (χ0) is 13.8. The van der Waals surface area contributed by atoms with Gasteiger partial charge in [0.25, 0.3) is 0 Å². The molecule has 0 aromatic carbocycles. The van der Waals surface area contributed by atoms with Gasteiger partial charge in [0.1, 0.15) is 0 Å². The van der Waals surface area contributed by atoms with Crippen molar-refractivity contribution in [3.8, 4) is 0 Å². The fourth-order valence-corrected chi connectivity index (χ4v) is 4.07. The van der Waals surface area contributed by atoms with Crippen molar-refractivity contribution in [2.24, 2.45) is 5.92 Å². The van der Waals surface area contributed by atoms with Gasteiger partial charge in [-0.25, -0.2) is 0 Å². The minimum Gasteiger partial charge on any atom is -0.376 e. The second kappa shape index (κ2) is 6.90. The van der Waals surface area contributed by atoms with Crippen LogP contribution in [0.2, 0.25) is 0 Å². The van der Waals surface area contributed by atoms with Gasteiger partial charge in [-0.2, -0.15) is 0 Å². The Kier molecular flexibility index (Phi) is 4.94. The minimum absolute atomic E-state index is 0.258. The van der Waals surface area contributed by atoms with E-state index in [4.69, 9.17) is 4.74 Å². The molecule has 3 fully saturated rings. The van der Waals surface area contributed by atoms with Crippen LogP contribution in [0.5, 0.6) is 0 Å². The lowest BCUT2D eigenvalue weighted by molar-refractivity contribution is -0.129. The molecular weight excluding hydrogens is 252 g/mol. The molecule has 1 heterocycles. The highest BCUT2D eigenvalue weighted by atomic mass is 16.5. The average Bonchev–Trinajstić information content (AvgIpc) is 3.11. The summed E-state index contributed by atoms with van der Waals surface area (Å²) in [5.41, 5.74) is 0. The van der Waals surface area contributed by atoms with Gasteiger partial charge in [-0.15, -0.1) is 0 Å². The monoisotopic (exact) mass is 280 g/mol. The van der Waals surface area contributed by atoms with Crippen LogP contribution in [0.15, 0.2) is 0 Å². The molecule has 0 spiro atoms. The molecule has 2 aliphatic carbocycles. The van der Waals surface area contributed by atoms with Crippen molar-refractivity contribution in [2.75, 3.05) is 19.7 Å². The zero-order valence-corrected chi connectivity index (χ0v) is 12.5. The van der Waals surface area contributed by atoms with Gasteiger partial charge in [-0.1, -0.05) is 32.1 Å². The lowest BCUT2D eigenvalue weighted by atomic mass is 9.98. The molecule has 0 aromatic rings. The van der Waals surface area contributed by atoms with E-state index in [9.17, 15) is 4.79 Å². The Morgan fingerprint density at radius 2 is 1.75 bits per heavy atom. The zero-order valence-electron chi connectivity index (χ0n) is 12.5. The molecule has 0 radical (unpaired) electrons. The summed E-state index contributed by atoms with van der Waals surface area (Å²) >= 11 is 0. The number of carbonyl (C=O) groups excluding carboxylic acids is 1. The average molecular weight is 280 g/mol. The third kappa shape index (κ3) is 3.34. The van der Waals surface area contributed by atoms with E-state index >= 15 is 0 Å². The lowest BCUT2D eigenvalue weighted by Gasteiger charge is -2.30. The highest BCUT2D eigenvalue weighted by molar-refractivity contribution is 5.80. The van der Waals surface area contributed by atoms with Crippen LogP contribution in [0.3, 0.4) is 0 Å². The van der Waals surface area contributed by atoms with Crippen LogP contribution in [0, 0.1) is 5.92 Å². The summed E-state index contributed by atoms with van der Waals surface area (Å²) in [6.45, 7) is 2.00. The van der Waals surface area contributed by atoms with E-state index in [1.54, 1.807) is 0 Å². The predicted octanol–water partition coefficient (Wildman–Crippen LogP) is 2.28. The normalized spacial score (nSPS) is 29.5. The number of nitrogens with one attached hydrogen (secondary N) is 1. The fourth-order valence-electron chi connectivity index (χ4n) is 4.07. The first-order valence-corrected chi connectivity index (χ1v) is 8.49. The maximum absolute atomic E-state index is 12.0. The van der Waals surface area contributed by atoms with Gasteiger partial charge in [-0.3, -0.25) is 10.1 Å². The van der Waals surface area contributed by atoms with E-state index in [1.807, 2.05) is 4.90 Å². The minimum atomic E-state index is 0.258. The molecule has 3 rings (SSSR count). The van der Waals surface area contributed by atoms with E-state index in [0.717, 1.165) is 6.54 Å². The number of rotatable bonds is 5. The van der Waals surface area contributed by atoms with Crippen LogP contribution in [-0.2, 0) is 9.53 Å². The number of carbonyl (C=O) groups is 1. The number of nitrogens with zero attached hydrogens (tertiary/aromatic N) is 1. The van der Waals surface area contributed by atoms with E-state index in [1.165, 1.54) is 57.8 Å². The van der Waals surface area contributed by atoms with Gasteiger partial charge in [0, 0.05) is 6.54 Å². The van der Waals surface area contributed by atoms with Crippen LogP contribution in [0.25, 0.3) is 0 Å². The van der Waals surface area contributed by atoms with E-state index in [0.29, 0.717) is 25.2 Å². The number of amides is 1. The first kappa shape index (κ1) is 14.3. The molecule has 114 valence electrons. The third-order valence-corrected chi connectivity index (χ3v) is 5.20. The van der Waals surface area contributed by atoms with Crippen molar-refractivity contribution in [1.29, 1.82) is 0 Å². The Balaban J connectivity index is 1.45. The molecule has 1 N–H and O–H groups in total. The molecule has 1 unspecified atom stereocenters. The standard InChI is InChI=1S/C16H28N2O2/c19-15-12-17-16(13-6-4-5-7-13)18(15)10-11-20-14-8-2-1-3-9-14/h13-14,16-17H,1-12H2. The van der Waals surface area contributed by atoms with Crippen LogP contribution in [0.1, 0.15) is 57.8 Å². The van der Waals surface area contributed by atoms with Gasteiger partial charge in [0.2, 0.25) is 5.91 Å². The number of hydrogen-bond donors (Lipinski definition) is 1. The van der Waals surface area contributed by atoms with Crippen molar-refractivity contribution in [3.05, 3.63) is 0 Å². The molecule has 0 bridgehead atoms. The van der Waals surface area contributed by atoms with Gasteiger partial charge in [0.05, 0.1) is 25.4 Å². The Morgan fingerprint density at radius 1 is 1.05 bits per heavy atom. The van der Waals surface area contributed by atoms with Crippen LogP contribution < -0.4 is 5.32 Å². The summed E-state index contributed by atoms with van der Waals surface area (Å²) in [5, 5.41) is 3.41. The van der Waals surface area contributed by atoms with Gasteiger partial charge in [-0.05, 0) is 31.6 Å². The van der Waals surface area contributed by atoms with Crippen molar-refractivity contribution in [3.63, 3.8) is 0 Å². The first-order valence-electron chi connectivity index (χ1n) is 8.49. The maximum atomic E-state index is 12.0. The van der Waals surface area contributed by atoms with Gasteiger partial charge < -0.3 is 9.64 Å². The second-order valence-electron chi connectivity index (χ2n) is 6.59. The summed E-state index contributed by atoms with van der Waals surface area (Å²) in [7, 11) is 0. The molecule has 1 aliphatic heterocycles. The predicted molar refractivity (Wildman–Crippen MR) is 78.3 cm³/mol. The topological polar surface area (TPSA) is 41.6 Å². The number of hydrogen-bond acceptors (Lipinski definition) is 3. The Morgan fingerprint density at radius 3 is 2.50 bits per heavy atom. The van der Waals surface area contributed by atoms with E-state index in [2.05, 4.69) is 5.32 Å². The van der Waals surface area contributed by atoms with Gasteiger partial charge >= 0.3 is 0 Å². The summed E-state index contributed by atoms with van der Waals surface area (Å²) < 4.78 is 5.98. The molecule has 4 heteroatoms. The van der Waals surface area contributed by atoms with Crippen LogP contribution in [-0.4, -0.2) is 42.8 Å². The largest absolute Gasteiger partial charge is 0.376 e. The SMILES string of the molecule is O=C1CNC(C2CCCC2)N1CCOC1CCCCC1. The summed E-state index contributed by atoms with van der Waals surface area (Å²) in [4.78, 5) is 14.1. The quantitative estimate of drug-likeness (QED) is 0.840. The highest BCUT2D eigenvalue weighted by Gasteiger charge is 2.36. The summed E-state index contributed by atoms with van der Waals surface area (Å²) in [6, 6.07) is 0. The van der Waals surface area contributed by atoms with Crippen molar-refractivity contribution in [2.45, 2.75) is 70.1 Å². The molecule has 1 amide bonds.